The average molecular weight is 275 g/mol. The summed E-state index contributed by atoms with van der Waals surface area (Å²) in [4.78, 5) is 8.50. The molecule has 0 unspecified atom stereocenters. The lowest BCUT2D eigenvalue weighted by Crippen LogP contribution is -1.88. The molecule has 0 aliphatic carbocycles. The summed E-state index contributed by atoms with van der Waals surface area (Å²) in [6.07, 6.45) is 5.37. The Labute approximate surface area is 100 Å². The molecule has 0 saturated heterocycles. The molecule has 0 amide bonds. The minimum atomic E-state index is 0.821. The van der Waals surface area contributed by atoms with E-state index in [9.17, 15) is 0 Å². The van der Waals surface area contributed by atoms with Gasteiger partial charge in [-0.25, -0.2) is 9.50 Å². The molecule has 3 aromatic rings. The number of hydrogen-bond acceptors (Lipinski definition) is 3. The van der Waals surface area contributed by atoms with E-state index in [0.717, 1.165) is 21.5 Å². The van der Waals surface area contributed by atoms with E-state index in [0.29, 0.717) is 0 Å². The van der Waals surface area contributed by atoms with Gasteiger partial charge < -0.3 is 0 Å². The summed E-state index contributed by atoms with van der Waals surface area (Å²) in [5.74, 6) is 0. The van der Waals surface area contributed by atoms with Crippen LogP contribution in [0.1, 0.15) is 0 Å². The van der Waals surface area contributed by atoms with Crippen LogP contribution in [0.5, 0.6) is 0 Å². The predicted molar refractivity (Wildman–Crippen MR) is 63.9 cm³/mol. The summed E-state index contributed by atoms with van der Waals surface area (Å²) in [6, 6.07) is 7.63. The molecule has 4 nitrogen and oxygen atoms in total. The highest BCUT2D eigenvalue weighted by Gasteiger charge is 2.05. The van der Waals surface area contributed by atoms with Gasteiger partial charge in [0, 0.05) is 29.1 Å². The number of pyridine rings is 1. The van der Waals surface area contributed by atoms with Crippen LogP contribution in [-0.4, -0.2) is 19.6 Å². The molecular formula is C11H7BrN4. The molecule has 0 aliphatic rings. The molecule has 0 radical (unpaired) electrons. The molecule has 0 aromatic carbocycles. The Morgan fingerprint density at radius 3 is 2.81 bits per heavy atom. The third kappa shape index (κ3) is 1.59. The fourth-order valence-corrected chi connectivity index (χ4v) is 1.72. The van der Waals surface area contributed by atoms with Gasteiger partial charge in [-0.3, -0.25) is 4.98 Å². The van der Waals surface area contributed by atoms with Gasteiger partial charge in [-0.1, -0.05) is 0 Å². The van der Waals surface area contributed by atoms with Crippen LogP contribution < -0.4 is 0 Å². The van der Waals surface area contributed by atoms with Crippen molar-refractivity contribution in [1.82, 2.24) is 19.6 Å². The maximum absolute atomic E-state index is 4.39. The highest BCUT2D eigenvalue weighted by molar-refractivity contribution is 9.10. The number of nitrogens with zero attached hydrogens (tertiary/aromatic N) is 4. The largest absolute Gasteiger partial charge is 0.253 e. The van der Waals surface area contributed by atoms with Crippen molar-refractivity contribution in [3.8, 4) is 11.4 Å². The quantitative estimate of drug-likeness (QED) is 0.685. The Hall–Kier alpha value is -1.75. The molecule has 3 heterocycles. The van der Waals surface area contributed by atoms with Gasteiger partial charge in [-0.15, -0.1) is 0 Å². The Morgan fingerprint density at radius 1 is 1.12 bits per heavy atom. The minimum Gasteiger partial charge on any atom is -0.253 e. The number of hydrogen-bond donors (Lipinski definition) is 0. The van der Waals surface area contributed by atoms with Gasteiger partial charge in [0.15, 0.2) is 5.65 Å². The molecule has 0 aliphatic heterocycles. The van der Waals surface area contributed by atoms with Crippen molar-refractivity contribution in [1.29, 1.82) is 0 Å². The van der Waals surface area contributed by atoms with Crippen LogP contribution in [0.2, 0.25) is 0 Å². The molecule has 0 saturated carbocycles. The molecule has 0 atom stereocenters. The van der Waals surface area contributed by atoms with Crippen LogP contribution in [0.15, 0.2) is 47.3 Å². The van der Waals surface area contributed by atoms with E-state index < -0.39 is 0 Å². The molecule has 3 rings (SSSR count). The van der Waals surface area contributed by atoms with E-state index in [4.69, 9.17) is 0 Å². The van der Waals surface area contributed by atoms with Gasteiger partial charge in [-0.05, 0) is 34.1 Å². The molecule has 3 aromatic heterocycles. The number of halogens is 1. The molecule has 16 heavy (non-hydrogen) atoms. The molecular weight excluding hydrogens is 268 g/mol. The zero-order valence-corrected chi connectivity index (χ0v) is 9.79. The van der Waals surface area contributed by atoms with E-state index in [1.165, 1.54) is 0 Å². The van der Waals surface area contributed by atoms with Crippen molar-refractivity contribution in [3.05, 3.63) is 47.3 Å². The summed E-state index contributed by atoms with van der Waals surface area (Å²) in [6.45, 7) is 0. The number of rotatable bonds is 1. The van der Waals surface area contributed by atoms with E-state index in [1.807, 2.05) is 30.5 Å². The summed E-state index contributed by atoms with van der Waals surface area (Å²) in [7, 11) is 0. The van der Waals surface area contributed by atoms with Crippen molar-refractivity contribution in [3.63, 3.8) is 0 Å². The highest BCUT2D eigenvalue weighted by atomic mass is 79.9. The Bertz CT molecular complexity index is 597. The fourth-order valence-electron chi connectivity index (χ4n) is 1.48. The monoisotopic (exact) mass is 274 g/mol. The predicted octanol–water partition coefficient (Wildman–Crippen LogP) is 2.55. The zero-order valence-electron chi connectivity index (χ0n) is 8.21. The first kappa shape index (κ1) is 9.47. The second kappa shape index (κ2) is 3.68. The third-order valence-electron chi connectivity index (χ3n) is 2.23. The van der Waals surface area contributed by atoms with Crippen molar-refractivity contribution < 1.29 is 0 Å². The topological polar surface area (TPSA) is 43.1 Å². The van der Waals surface area contributed by atoms with E-state index in [-0.39, 0.29) is 0 Å². The van der Waals surface area contributed by atoms with E-state index in [2.05, 4.69) is 31.0 Å². The summed E-state index contributed by atoms with van der Waals surface area (Å²) in [5.41, 5.74) is 2.49. The van der Waals surface area contributed by atoms with Gasteiger partial charge in [0.1, 0.15) is 5.69 Å². The lowest BCUT2D eigenvalue weighted by Gasteiger charge is -1.94. The smallest absolute Gasteiger partial charge is 0.155 e. The highest BCUT2D eigenvalue weighted by Crippen LogP contribution is 2.18. The summed E-state index contributed by atoms with van der Waals surface area (Å²) < 4.78 is 2.69. The molecule has 0 fully saturated rings. The standard InChI is InChI=1S/C11H7BrN4/c12-8-2-3-9(14-7-8)10-6-11-13-4-1-5-16(11)15-10/h1-7H. The van der Waals surface area contributed by atoms with Crippen molar-refractivity contribution in [2.24, 2.45) is 0 Å². The average Bonchev–Trinajstić information content (AvgIpc) is 2.73. The molecule has 0 N–H and O–H groups in total. The lowest BCUT2D eigenvalue weighted by atomic mass is 10.3. The number of fused-ring (bicyclic) bond motifs is 1. The van der Waals surface area contributed by atoms with E-state index in [1.54, 1.807) is 16.9 Å². The summed E-state index contributed by atoms with van der Waals surface area (Å²) in [5, 5.41) is 4.39. The lowest BCUT2D eigenvalue weighted by molar-refractivity contribution is 0.940. The second-order valence-corrected chi connectivity index (χ2v) is 4.23. The van der Waals surface area contributed by atoms with E-state index >= 15 is 0 Å². The Balaban J connectivity index is 2.15. The van der Waals surface area contributed by atoms with Gasteiger partial charge in [0.25, 0.3) is 0 Å². The molecule has 5 heteroatoms. The minimum absolute atomic E-state index is 0.821. The Morgan fingerprint density at radius 2 is 2.06 bits per heavy atom. The maximum atomic E-state index is 4.39. The maximum Gasteiger partial charge on any atom is 0.155 e. The van der Waals surface area contributed by atoms with Crippen LogP contribution >= 0.6 is 15.9 Å². The van der Waals surface area contributed by atoms with Gasteiger partial charge in [0.2, 0.25) is 0 Å². The Kier molecular flexibility index (Phi) is 2.18. The van der Waals surface area contributed by atoms with Crippen LogP contribution in [0.25, 0.3) is 17.0 Å². The molecule has 0 bridgehead atoms. The molecule has 78 valence electrons. The zero-order chi connectivity index (χ0) is 11.0. The second-order valence-electron chi connectivity index (χ2n) is 3.31. The normalized spacial score (nSPS) is 10.8. The van der Waals surface area contributed by atoms with Gasteiger partial charge >= 0.3 is 0 Å². The van der Waals surface area contributed by atoms with Crippen LogP contribution in [0, 0.1) is 0 Å². The number of aromatic nitrogens is 4. The summed E-state index contributed by atoms with van der Waals surface area (Å²) >= 11 is 3.35. The van der Waals surface area contributed by atoms with Gasteiger partial charge in [-0.2, -0.15) is 5.10 Å². The van der Waals surface area contributed by atoms with Crippen LogP contribution in [0.3, 0.4) is 0 Å². The first-order valence-electron chi connectivity index (χ1n) is 4.75. The first-order valence-corrected chi connectivity index (χ1v) is 5.54. The molecule has 0 spiro atoms. The van der Waals surface area contributed by atoms with Gasteiger partial charge in [0.05, 0.1) is 5.69 Å². The first-order chi connectivity index (χ1) is 7.83. The van der Waals surface area contributed by atoms with Crippen molar-refractivity contribution >= 4 is 21.6 Å². The van der Waals surface area contributed by atoms with Crippen molar-refractivity contribution in [2.45, 2.75) is 0 Å². The third-order valence-corrected chi connectivity index (χ3v) is 2.70. The van der Waals surface area contributed by atoms with Crippen LogP contribution in [-0.2, 0) is 0 Å². The van der Waals surface area contributed by atoms with Crippen molar-refractivity contribution in [2.75, 3.05) is 0 Å². The fraction of sp³-hybridized carbons (Fsp3) is 0. The SMILES string of the molecule is Brc1ccc(-c2cc3ncccn3n2)nc1. The van der Waals surface area contributed by atoms with Crippen LogP contribution in [0.4, 0.5) is 0 Å².